The normalized spacial score (nSPS) is 19.2. The molecule has 0 saturated carbocycles. The third kappa shape index (κ3) is 4.46. The molecule has 1 aliphatic rings. The Kier molecular flexibility index (Phi) is 4.82. The van der Waals surface area contributed by atoms with Crippen LogP contribution in [0.4, 0.5) is 32.3 Å². The molecule has 0 aliphatic carbocycles. The smallest absolute Gasteiger partial charge is 0.408 e. The Balaban J connectivity index is 1.61. The Morgan fingerprint density at radius 1 is 1.35 bits per heavy atom. The molecule has 1 N–H and O–H groups in total. The molecular formula is C21H18F6N8O2. The van der Waals surface area contributed by atoms with Crippen molar-refractivity contribution in [2.45, 2.75) is 31.6 Å². The zero-order chi connectivity index (χ0) is 29.2. The van der Waals surface area contributed by atoms with E-state index in [1.165, 1.54) is 18.2 Å². The largest absolute Gasteiger partial charge is 0.479 e. The highest BCUT2D eigenvalue weighted by Gasteiger charge is 2.49. The first-order valence-electron chi connectivity index (χ1n) is 12.1. The van der Waals surface area contributed by atoms with Gasteiger partial charge in [-0.25, -0.2) is 22.4 Å². The fraction of sp³-hybridized carbons (Fsp3) is 0.381. The number of nitrogens with one attached hydrogen (secondary N) is 1. The van der Waals surface area contributed by atoms with Gasteiger partial charge in [0.25, 0.3) is 5.92 Å². The van der Waals surface area contributed by atoms with E-state index in [4.69, 9.17) is 8.85 Å². The van der Waals surface area contributed by atoms with E-state index in [2.05, 4.69) is 25.7 Å². The SMILES string of the molecule is [2H]C([2H])([2H])Oc1nc(N[C@@H]2CN(C(C)=O)CC2(F)F)nn2cc(F)c(-c3ccc4nnn(CC(F)(F)F)c4c3)c12. The number of carbonyl (C=O) groups excluding carboxylic acids is 1. The van der Waals surface area contributed by atoms with Crippen LogP contribution in [0.25, 0.3) is 27.7 Å². The van der Waals surface area contributed by atoms with Gasteiger partial charge in [-0.15, -0.1) is 10.2 Å². The van der Waals surface area contributed by atoms with Crippen molar-refractivity contribution < 1.29 is 40.0 Å². The molecule has 4 aromatic rings. The van der Waals surface area contributed by atoms with Crippen LogP contribution in [-0.4, -0.2) is 78.7 Å². The fourth-order valence-electron chi connectivity index (χ4n) is 4.17. The predicted octanol–water partition coefficient (Wildman–Crippen LogP) is 3.13. The number of methoxy groups -OCH3 is 1. The lowest BCUT2D eigenvalue weighted by molar-refractivity contribution is -0.142. The third-order valence-electron chi connectivity index (χ3n) is 5.84. The first-order chi connectivity index (χ1) is 18.5. The van der Waals surface area contributed by atoms with Gasteiger partial charge in [0.05, 0.1) is 35.0 Å². The number of fused-ring (bicyclic) bond motifs is 2. The molecule has 37 heavy (non-hydrogen) atoms. The number of hydrogen-bond donors (Lipinski definition) is 1. The summed E-state index contributed by atoms with van der Waals surface area (Å²) in [5.41, 5.74) is -0.698. The summed E-state index contributed by atoms with van der Waals surface area (Å²) in [7, 11) is -3.12. The summed E-state index contributed by atoms with van der Waals surface area (Å²) in [6.45, 7) is -1.63. The quantitative estimate of drug-likeness (QED) is 0.395. The number of likely N-dealkylation sites (tertiary alicyclic amines) is 1. The van der Waals surface area contributed by atoms with Crippen LogP contribution in [0.15, 0.2) is 24.4 Å². The first-order valence-corrected chi connectivity index (χ1v) is 10.6. The molecule has 1 fully saturated rings. The van der Waals surface area contributed by atoms with E-state index in [9.17, 15) is 26.7 Å². The van der Waals surface area contributed by atoms with Gasteiger partial charge in [-0.1, -0.05) is 11.3 Å². The molecule has 0 bridgehead atoms. The summed E-state index contributed by atoms with van der Waals surface area (Å²) < 4.78 is 112. The van der Waals surface area contributed by atoms with Crippen molar-refractivity contribution in [1.29, 1.82) is 0 Å². The Morgan fingerprint density at radius 3 is 2.81 bits per heavy atom. The maximum atomic E-state index is 15.3. The molecule has 1 saturated heterocycles. The second-order valence-electron chi connectivity index (χ2n) is 8.41. The number of ether oxygens (including phenoxy) is 1. The van der Waals surface area contributed by atoms with E-state index in [1.807, 2.05) is 0 Å². The van der Waals surface area contributed by atoms with E-state index in [0.717, 1.165) is 22.5 Å². The molecule has 10 nitrogen and oxygen atoms in total. The van der Waals surface area contributed by atoms with Gasteiger partial charge in [0, 0.05) is 13.5 Å². The minimum Gasteiger partial charge on any atom is -0.479 e. The molecule has 1 aliphatic heterocycles. The number of rotatable bonds is 5. The molecule has 16 heteroatoms. The summed E-state index contributed by atoms with van der Waals surface area (Å²) in [6.07, 6.45) is -3.83. The zero-order valence-electron chi connectivity index (χ0n) is 21.7. The molecule has 5 rings (SSSR count). The van der Waals surface area contributed by atoms with Crippen LogP contribution in [0.2, 0.25) is 0 Å². The van der Waals surface area contributed by atoms with Gasteiger partial charge in [0.1, 0.15) is 23.6 Å². The van der Waals surface area contributed by atoms with Crippen LogP contribution in [0.1, 0.15) is 11.0 Å². The second kappa shape index (κ2) is 8.48. The maximum absolute atomic E-state index is 15.3. The second-order valence-corrected chi connectivity index (χ2v) is 8.41. The lowest BCUT2D eigenvalue weighted by atomic mass is 10.1. The van der Waals surface area contributed by atoms with E-state index in [1.54, 1.807) is 0 Å². The summed E-state index contributed by atoms with van der Waals surface area (Å²) in [6, 6.07) is 2.12. The lowest BCUT2D eigenvalue weighted by Gasteiger charge is -2.19. The highest BCUT2D eigenvalue weighted by molar-refractivity contribution is 5.89. The summed E-state index contributed by atoms with van der Waals surface area (Å²) >= 11 is 0. The van der Waals surface area contributed by atoms with Crippen LogP contribution in [0, 0.1) is 5.82 Å². The monoisotopic (exact) mass is 531 g/mol. The number of hydrogen-bond acceptors (Lipinski definition) is 7. The number of alkyl halides is 5. The number of benzene rings is 1. The van der Waals surface area contributed by atoms with Crippen molar-refractivity contribution >= 4 is 28.4 Å². The number of anilines is 1. The molecule has 3 aromatic heterocycles. The summed E-state index contributed by atoms with van der Waals surface area (Å²) in [5, 5.41) is 13.5. The van der Waals surface area contributed by atoms with Crippen molar-refractivity contribution in [2.24, 2.45) is 0 Å². The minimum absolute atomic E-state index is 0.0163. The van der Waals surface area contributed by atoms with E-state index in [-0.39, 0.29) is 27.7 Å². The topological polar surface area (TPSA) is 102 Å². The van der Waals surface area contributed by atoms with Gasteiger partial charge in [0.15, 0.2) is 5.82 Å². The van der Waals surface area contributed by atoms with E-state index >= 15 is 4.39 Å². The third-order valence-corrected chi connectivity index (χ3v) is 5.84. The minimum atomic E-state index is -4.62. The summed E-state index contributed by atoms with van der Waals surface area (Å²) in [4.78, 5) is 16.4. The van der Waals surface area contributed by atoms with Gasteiger partial charge in [-0.2, -0.15) is 18.2 Å². The fourth-order valence-corrected chi connectivity index (χ4v) is 4.17. The molecule has 196 valence electrons. The Hall–Kier alpha value is -4.11. The number of nitrogens with zero attached hydrogens (tertiary/aromatic N) is 7. The molecule has 4 heterocycles. The van der Waals surface area contributed by atoms with Gasteiger partial charge in [-0.05, 0) is 17.7 Å². The van der Waals surface area contributed by atoms with Crippen LogP contribution >= 0.6 is 0 Å². The van der Waals surface area contributed by atoms with Crippen LogP contribution in [0.5, 0.6) is 5.88 Å². The first kappa shape index (κ1) is 21.0. The van der Waals surface area contributed by atoms with Gasteiger partial charge < -0.3 is 15.0 Å². The van der Waals surface area contributed by atoms with Crippen LogP contribution in [-0.2, 0) is 11.3 Å². The Bertz CT molecular complexity index is 1620. The average molecular weight is 531 g/mol. The number of amides is 1. The van der Waals surface area contributed by atoms with Crippen molar-refractivity contribution in [3.8, 4) is 17.0 Å². The van der Waals surface area contributed by atoms with Crippen molar-refractivity contribution in [1.82, 2.24) is 34.5 Å². The molecule has 0 spiro atoms. The van der Waals surface area contributed by atoms with Gasteiger partial charge >= 0.3 is 6.18 Å². The average Bonchev–Trinajstić information content (AvgIpc) is 3.44. The molecule has 0 unspecified atom stereocenters. The maximum Gasteiger partial charge on any atom is 0.408 e. The number of halogens is 6. The molecule has 0 radical (unpaired) electrons. The van der Waals surface area contributed by atoms with Gasteiger partial charge in [-0.3, -0.25) is 4.79 Å². The molecule has 1 amide bonds. The zero-order valence-corrected chi connectivity index (χ0v) is 18.7. The van der Waals surface area contributed by atoms with Crippen LogP contribution in [0.3, 0.4) is 0 Å². The van der Waals surface area contributed by atoms with Crippen LogP contribution < -0.4 is 10.1 Å². The number of carbonyl (C=O) groups is 1. The predicted molar refractivity (Wildman–Crippen MR) is 117 cm³/mol. The molecular weight excluding hydrogens is 510 g/mol. The van der Waals surface area contributed by atoms with Crippen molar-refractivity contribution in [3.05, 3.63) is 30.2 Å². The highest BCUT2D eigenvalue weighted by atomic mass is 19.4. The highest BCUT2D eigenvalue weighted by Crippen LogP contribution is 2.36. The molecule has 1 atom stereocenters. The summed E-state index contributed by atoms with van der Waals surface area (Å²) in [5.74, 6) is -6.25. The molecule has 1 aromatic carbocycles. The Morgan fingerprint density at radius 2 is 2.14 bits per heavy atom. The number of aromatic nitrogens is 6. The Labute approximate surface area is 208 Å². The standard InChI is InChI=1S/C21H18F6N8O2/c1-10(36)33-7-15(20(23,24)8-33)28-19-29-18(37-2)17-16(12(22)6-34(17)31-19)11-3-4-13-14(5-11)35(32-30-13)9-21(25,26)27/h3-6,15H,7-9H2,1-2H3,(H,28,31)/t15-/m1/s1/i2D3. The van der Waals surface area contributed by atoms with E-state index in [0.29, 0.717) is 4.68 Å². The van der Waals surface area contributed by atoms with Crippen molar-refractivity contribution in [3.63, 3.8) is 0 Å². The van der Waals surface area contributed by atoms with E-state index < -0.39 is 68.4 Å². The van der Waals surface area contributed by atoms with Gasteiger partial charge in [0.2, 0.25) is 17.7 Å². The lowest BCUT2D eigenvalue weighted by Crippen LogP contribution is -2.38. The van der Waals surface area contributed by atoms with Crippen molar-refractivity contribution in [2.75, 3.05) is 25.4 Å².